The molecule has 1 saturated carbocycles. The summed E-state index contributed by atoms with van der Waals surface area (Å²) in [7, 11) is 0. The summed E-state index contributed by atoms with van der Waals surface area (Å²) in [6, 6.07) is 1.98. The van der Waals surface area contributed by atoms with Crippen molar-refractivity contribution in [1.29, 1.82) is 0 Å². The first-order valence-corrected chi connectivity index (χ1v) is 6.91. The third-order valence-electron chi connectivity index (χ3n) is 4.07. The molecule has 1 heterocycles. The molecule has 0 amide bonds. The predicted octanol–water partition coefficient (Wildman–Crippen LogP) is 3.08. The number of nitrogens with zero attached hydrogens (tertiary/aromatic N) is 2. The molecule has 1 N–H and O–H groups in total. The topological polar surface area (TPSA) is 38.0 Å². The summed E-state index contributed by atoms with van der Waals surface area (Å²) < 4.78 is 1.97. The summed E-state index contributed by atoms with van der Waals surface area (Å²) in [5.74, 6) is 0.392. The Morgan fingerprint density at radius 1 is 1.41 bits per heavy atom. The van der Waals surface area contributed by atoms with E-state index in [9.17, 15) is 5.11 Å². The van der Waals surface area contributed by atoms with Crippen LogP contribution in [0.5, 0.6) is 0 Å². The fourth-order valence-corrected chi connectivity index (χ4v) is 3.03. The van der Waals surface area contributed by atoms with Crippen molar-refractivity contribution >= 4 is 0 Å². The highest BCUT2D eigenvalue weighted by Crippen LogP contribution is 2.38. The van der Waals surface area contributed by atoms with Crippen LogP contribution in [0.2, 0.25) is 0 Å². The van der Waals surface area contributed by atoms with Crippen LogP contribution < -0.4 is 0 Å². The zero-order chi connectivity index (χ0) is 12.3. The monoisotopic (exact) mass is 236 g/mol. The Morgan fingerprint density at radius 2 is 2.12 bits per heavy atom. The largest absolute Gasteiger partial charge is 0.384 e. The SMILES string of the molecule is CCCn1nccc1C(C)(O)C1CCCCC1. The highest BCUT2D eigenvalue weighted by Gasteiger charge is 2.36. The maximum atomic E-state index is 10.8. The summed E-state index contributed by atoms with van der Waals surface area (Å²) in [6.45, 7) is 5.00. The number of rotatable bonds is 4. The average molecular weight is 236 g/mol. The van der Waals surface area contributed by atoms with E-state index in [1.807, 2.05) is 23.9 Å². The quantitative estimate of drug-likeness (QED) is 0.872. The maximum absolute atomic E-state index is 10.8. The minimum Gasteiger partial charge on any atom is -0.384 e. The van der Waals surface area contributed by atoms with Crippen LogP contribution in [0.1, 0.15) is 58.1 Å². The van der Waals surface area contributed by atoms with Gasteiger partial charge in [-0.05, 0) is 38.2 Å². The number of aromatic nitrogens is 2. The van der Waals surface area contributed by atoms with Gasteiger partial charge in [0, 0.05) is 12.7 Å². The first-order valence-electron chi connectivity index (χ1n) is 6.91. The normalized spacial score (nSPS) is 21.4. The first kappa shape index (κ1) is 12.6. The lowest BCUT2D eigenvalue weighted by atomic mass is 9.76. The Kier molecular flexibility index (Phi) is 3.87. The van der Waals surface area contributed by atoms with Crippen molar-refractivity contribution < 1.29 is 5.11 Å². The third kappa shape index (κ3) is 2.54. The molecule has 1 aromatic rings. The van der Waals surface area contributed by atoms with Gasteiger partial charge in [-0.1, -0.05) is 26.2 Å². The van der Waals surface area contributed by atoms with Gasteiger partial charge in [-0.3, -0.25) is 4.68 Å². The van der Waals surface area contributed by atoms with Gasteiger partial charge in [0.1, 0.15) is 5.60 Å². The van der Waals surface area contributed by atoms with Crippen LogP contribution in [-0.4, -0.2) is 14.9 Å². The van der Waals surface area contributed by atoms with Gasteiger partial charge >= 0.3 is 0 Å². The van der Waals surface area contributed by atoms with Crippen molar-refractivity contribution in [3.05, 3.63) is 18.0 Å². The Hall–Kier alpha value is -0.830. The van der Waals surface area contributed by atoms with Crippen molar-refractivity contribution in [1.82, 2.24) is 9.78 Å². The molecule has 3 heteroatoms. The molecular weight excluding hydrogens is 212 g/mol. The van der Waals surface area contributed by atoms with Crippen molar-refractivity contribution in [3.8, 4) is 0 Å². The van der Waals surface area contributed by atoms with Gasteiger partial charge in [-0.2, -0.15) is 5.10 Å². The molecule has 1 fully saturated rings. The van der Waals surface area contributed by atoms with Crippen LogP contribution in [0.25, 0.3) is 0 Å². The summed E-state index contributed by atoms with van der Waals surface area (Å²) in [5.41, 5.74) is 0.276. The molecule has 0 aliphatic heterocycles. The van der Waals surface area contributed by atoms with Crippen molar-refractivity contribution in [2.24, 2.45) is 5.92 Å². The summed E-state index contributed by atoms with van der Waals surface area (Å²) in [4.78, 5) is 0. The molecule has 96 valence electrons. The summed E-state index contributed by atoms with van der Waals surface area (Å²) >= 11 is 0. The van der Waals surface area contributed by atoms with E-state index in [-0.39, 0.29) is 0 Å². The summed E-state index contributed by atoms with van der Waals surface area (Å²) in [6.07, 6.45) is 8.97. The minimum absolute atomic E-state index is 0.392. The van der Waals surface area contributed by atoms with Gasteiger partial charge in [0.25, 0.3) is 0 Å². The van der Waals surface area contributed by atoms with Gasteiger partial charge < -0.3 is 5.11 Å². The molecule has 1 aliphatic carbocycles. The third-order valence-corrected chi connectivity index (χ3v) is 4.07. The predicted molar refractivity (Wildman–Crippen MR) is 68.7 cm³/mol. The Labute approximate surface area is 104 Å². The average Bonchev–Trinajstić information content (AvgIpc) is 2.80. The minimum atomic E-state index is -0.716. The van der Waals surface area contributed by atoms with E-state index in [0.717, 1.165) is 31.5 Å². The van der Waals surface area contributed by atoms with E-state index in [0.29, 0.717) is 5.92 Å². The van der Waals surface area contributed by atoms with E-state index in [1.54, 1.807) is 0 Å². The summed E-state index contributed by atoms with van der Waals surface area (Å²) in [5, 5.41) is 15.2. The Bertz CT molecular complexity index is 351. The van der Waals surface area contributed by atoms with Gasteiger partial charge in [-0.15, -0.1) is 0 Å². The molecule has 1 atom stereocenters. The highest BCUT2D eigenvalue weighted by molar-refractivity contribution is 5.12. The molecule has 0 bridgehead atoms. The molecule has 3 nitrogen and oxygen atoms in total. The smallest absolute Gasteiger partial charge is 0.106 e. The van der Waals surface area contributed by atoms with Gasteiger partial charge in [0.05, 0.1) is 5.69 Å². The van der Waals surface area contributed by atoms with Crippen LogP contribution in [0, 0.1) is 5.92 Å². The standard InChI is InChI=1S/C14H24N2O/c1-3-11-16-13(9-10-15-16)14(2,17)12-7-5-4-6-8-12/h9-10,12,17H,3-8,11H2,1-2H3. The van der Waals surface area contributed by atoms with Gasteiger partial charge in [0.15, 0.2) is 0 Å². The lowest BCUT2D eigenvalue weighted by Crippen LogP contribution is -2.35. The molecule has 17 heavy (non-hydrogen) atoms. The van der Waals surface area contributed by atoms with E-state index in [2.05, 4.69) is 12.0 Å². The molecule has 2 rings (SSSR count). The molecule has 0 radical (unpaired) electrons. The Balaban J connectivity index is 2.20. The highest BCUT2D eigenvalue weighted by atomic mass is 16.3. The first-order chi connectivity index (χ1) is 8.16. The molecule has 0 spiro atoms. The second kappa shape index (κ2) is 5.21. The molecule has 1 unspecified atom stereocenters. The van der Waals surface area contributed by atoms with E-state index < -0.39 is 5.60 Å². The lowest BCUT2D eigenvalue weighted by Gasteiger charge is -2.35. The van der Waals surface area contributed by atoms with E-state index in [1.165, 1.54) is 19.3 Å². The fourth-order valence-electron chi connectivity index (χ4n) is 3.03. The van der Waals surface area contributed by atoms with Gasteiger partial charge in [0.2, 0.25) is 0 Å². The Morgan fingerprint density at radius 3 is 2.76 bits per heavy atom. The van der Waals surface area contributed by atoms with E-state index in [4.69, 9.17) is 0 Å². The molecule has 1 aromatic heterocycles. The molecule has 1 aliphatic rings. The second-order valence-corrected chi connectivity index (χ2v) is 5.42. The van der Waals surface area contributed by atoms with Crippen LogP contribution in [0.15, 0.2) is 12.3 Å². The fraction of sp³-hybridized carbons (Fsp3) is 0.786. The number of hydrogen-bond donors (Lipinski definition) is 1. The van der Waals surface area contributed by atoms with E-state index >= 15 is 0 Å². The van der Waals surface area contributed by atoms with Gasteiger partial charge in [-0.25, -0.2) is 0 Å². The zero-order valence-corrected chi connectivity index (χ0v) is 11.0. The lowest BCUT2D eigenvalue weighted by molar-refractivity contribution is -0.0289. The van der Waals surface area contributed by atoms with Crippen LogP contribution >= 0.6 is 0 Å². The van der Waals surface area contributed by atoms with Crippen LogP contribution in [-0.2, 0) is 12.1 Å². The molecular formula is C14H24N2O. The number of hydrogen-bond acceptors (Lipinski definition) is 2. The van der Waals surface area contributed by atoms with Crippen LogP contribution in [0.3, 0.4) is 0 Å². The zero-order valence-electron chi connectivity index (χ0n) is 11.0. The number of aryl methyl sites for hydroxylation is 1. The van der Waals surface area contributed by atoms with Crippen LogP contribution in [0.4, 0.5) is 0 Å². The van der Waals surface area contributed by atoms with Crippen molar-refractivity contribution in [2.45, 2.75) is 64.5 Å². The molecule has 0 aromatic carbocycles. The maximum Gasteiger partial charge on any atom is 0.106 e. The second-order valence-electron chi connectivity index (χ2n) is 5.42. The number of aliphatic hydroxyl groups is 1. The van der Waals surface area contributed by atoms with Crippen molar-refractivity contribution in [2.75, 3.05) is 0 Å². The van der Waals surface area contributed by atoms with Crippen molar-refractivity contribution in [3.63, 3.8) is 0 Å². The molecule has 0 saturated heterocycles.